The number of hydrogen-bond acceptors (Lipinski definition) is 5. The van der Waals surface area contributed by atoms with Crippen LogP contribution in [0.3, 0.4) is 0 Å². The van der Waals surface area contributed by atoms with Crippen LogP contribution in [0.15, 0.2) is 65.6 Å². The highest BCUT2D eigenvalue weighted by atomic mass is 32.2. The molecule has 1 heterocycles. The van der Waals surface area contributed by atoms with E-state index in [1.807, 2.05) is 30.3 Å². The highest BCUT2D eigenvalue weighted by molar-refractivity contribution is 7.91. The van der Waals surface area contributed by atoms with Gasteiger partial charge in [0.05, 0.1) is 16.7 Å². The summed E-state index contributed by atoms with van der Waals surface area (Å²) in [6.07, 6.45) is 6.08. The number of benzene rings is 3. The molecule has 1 N–H and O–H groups in total. The van der Waals surface area contributed by atoms with Crippen LogP contribution in [0.2, 0.25) is 0 Å². The molecule has 0 unspecified atom stereocenters. The summed E-state index contributed by atoms with van der Waals surface area (Å²) in [6.45, 7) is 3.33. The Morgan fingerprint density at radius 2 is 1.79 bits per heavy atom. The molecule has 2 aliphatic rings. The second-order valence-electron chi connectivity index (χ2n) is 10.7. The van der Waals surface area contributed by atoms with E-state index < -0.39 is 15.9 Å². The number of carbonyl (C=O) groups is 1. The summed E-state index contributed by atoms with van der Waals surface area (Å²) in [5.41, 5.74) is 3.82. The van der Waals surface area contributed by atoms with Gasteiger partial charge in [0.1, 0.15) is 6.10 Å². The minimum absolute atomic E-state index is 0.0787. The molecule has 0 aromatic heterocycles. The first-order valence-electron chi connectivity index (χ1n) is 13.8. The standard InChI is InChI=1S/C31H38N2O4S/c1-37-30(16-19-38(35,36)27-14-13-24-8-3-4-9-25(24)21-27)31(34)32-29-11-7-10-26-20-23(12-15-28(26)29)22-33-17-5-2-6-18-33/h3-4,8-9,12-15,20-21,29-30H,2,5-7,10-11,16-19,22H2,1H3,(H,32,34)/t29-,30-/m1/s1. The SMILES string of the molecule is CO[C@H](CCS(=O)(=O)c1ccc2ccccc2c1)C(=O)N[C@@H]1CCCc2cc(CN3CCCCC3)ccc21. The van der Waals surface area contributed by atoms with Crippen molar-refractivity contribution in [2.75, 3.05) is 26.0 Å². The third-order valence-corrected chi connectivity index (χ3v) is 9.74. The molecule has 2 atom stereocenters. The van der Waals surface area contributed by atoms with Crippen molar-refractivity contribution >= 4 is 26.5 Å². The molecule has 5 rings (SSSR count). The van der Waals surface area contributed by atoms with Gasteiger partial charge in [0.25, 0.3) is 0 Å². The van der Waals surface area contributed by atoms with Crippen molar-refractivity contribution in [2.45, 2.75) is 68.5 Å². The molecule has 0 saturated carbocycles. The van der Waals surface area contributed by atoms with Gasteiger partial charge in [0, 0.05) is 13.7 Å². The zero-order valence-corrected chi connectivity index (χ0v) is 23.0. The summed E-state index contributed by atoms with van der Waals surface area (Å²) in [4.78, 5) is 16.0. The topological polar surface area (TPSA) is 75.7 Å². The molecular formula is C31H38N2O4S. The first kappa shape index (κ1) is 26.9. The number of nitrogens with zero attached hydrogens (tertiary/aromatic N) is 1. The van der Waals surface area contributed by atoms with E-state index in [-0.39, 0.29) is 29.0 Å². The molecule has 1 fully saturated rings. The highest BCUT2D eigenvalue weighted by Crippen LogP contribution is 2.31. The molecule has 0 radical (unpaired) electrons. The number of fused-ring (bicyclic) bond motifs is 2. The van der Waals surface area contributed by atoms with E-state index in [4.69, 9.17) is 4.74 Å². The smallest absolute Gasteiger partial charge is 0.249 e. The Morgan fingerprint density at radius 1 is 1.00 bits per heavy atom. The van der Waals surface area contributed by atoms with Gasteiger partial charge in [-0.25, -0.2) is 8.42 Å². The van der Waals surface area contributed by atoms with Crippen molar-refractivity contribution in [2.24, 2.45) is 0 Å². The Bertz CT molecular complexity index is 1380. The molecule has 3 aromatic carbocycles. The van der Waals surface area contributed by atoms with E-state index in [1.54, 1.807) is 12.1 Å². The molecule has 3 aromatic rings. The molecule has 0 spiro atoms. The van der Waals surface area contributed by atoms with Crippen LogP contribution in [0.1, 0.15) is 61.3 Å². The predicted molar refractivity (Wildman–Crippen MR) is 151 cm³/mol. The predicted octanol–water partition coefficient (Wildman–Crippen LogP) is 5.20. The van der Waals surface area contributed by atoms with Crippen LogP contribution in [-0.4, -0.2) is 51.3 Å². The molecule has 202 valence electrons. The van der Waals surface area contributed by atoms with E-state index in [2.05, 4.69) is 28.4 Å². The largest absolute Gasteiger partial charge is 0.372 e. The number of carbonyl (C=O) groups excluding carboxylic acids is 1. The number of piperidine rings is 1. The molecular weight excluding hydrogens is 496 g/mol. The van der Waals surface area contributed by atoms with Crippen LogP contribution >= 0.6 is 0 Å². The molecule has 1 saturated heterocycles. The van der Waals surface area contributed by atoms with E-state index in [0.29, 0.717) is 0 Å². The Labute approximate surface area is 226 Å². The maximum Gasteiger partial charge on any atom is 0.249 e. The number of aryl methyl sites for hydroxylation is 1. The van der Waals surface area contributed by atoms with Crippen molar-refractivity contribution in [3.05, 3.63) is 77.4 Å². The summed E-state index contributed by atoms with van der Waals surface area (Å²) >= 11 is 0. The van der Waals surface area contributed by atoms with Gasteiger partial charge < -0.3 is 10.1 Å². The van der Waals surface area contributed by atoms with Crippen molar-refractivity contribution in [3.63, 3.8) is 0 Å². The number of methoxy groups -OCH3 is 1. The number of amides is 1. The Balaban J connectivity index is 1.21. The minimum atomic E-state index is -3.55. The lowest BCUT2D eigenvalue weighted by atomic mass is 9.86. The Hall–Kier alpha value is -2.74. The van der Waals surface area contributed by atoms with Crippen LogP contribution in [0.4, 0.5) is 0 Å². The fourth-order valence-electron chi connectivity index (χ4n) is 5.85. The molecule has 6 nitrogen and oxygen atoms in total. The average Bonchev–Trinajstić information content (AvgIpc) is 2.93. The fourth-order valence-corrected chi connectivity index (χ4v) is 7.20. The van der Waals surface area contributed by atoms with Gasteiger partial charge in [-0.1, -0.05) is 55.0 Å². The van der Waals surface area contributed by atoms with Crippen LogP contribution in [0.5, 0.6) is 0 Å². The number of nitrogens with one attached hydrogen (secondary N) is 1. The van der Waals surface area contributed by atoms with Crippen molar-refractivity contribution in [1.82, 2.24) is 10.2 Å². The number of hydrogen-bond donors (Lipinski definition) is 1. The quantitative estimate of drug-likeness (QED) is 0.409. The lowest BCUT2D eigenvalue weighted by molar-refractivity contribution is -0.132. The van der Waals surface area contributed by atoms with Gasteiger partial charge >= 0.3 is 0 Å². The second kappa shape index (κ2) is 12.0. The van der Waals surface area contributed by atoms with Gasteiger partial charge in [0.15, 0.2) is 9.84 Å². The summed E-state index contributed by atoms with van der Waals surface area (Å²) in [5, 5.41) is 5.03. The summed E-state index contributed by atoms with van der Waals surface area (Å²) in [6, 6.07) is 19.4. The number of ether oxygens (including phenoxy) is 1. The maximum absolute atomic E-state index is 13.2. The van der Waals surface area contributed by atoms with Crippen LogP contribution in [-0.2, 0) is 32.3 Å². The van der Waals surface area contributed by atoms with Crippen molar-refractivity contribution < 1.29 is 17.9 Å². The number of likely N-dealkylation sites (tertiary alicyclic amines) is 1. The van der Waals surface area contributed by atoms with E-state index in [9.17, 15) is 13.2 Å². The van der Waals surface area contributed by atoms with Crippen LogP contribution < -0.4 is 5.32 Å². The maximum atomic E-state index is 13.2. The zero-order chi connectivity index (χ0) is 26.5. The van der Waals surface area contributed by atoms with Crippen LogP contribution in [0.25, 0.3) is 10.8 Å². The summed E-state index contributed by atoms with van der Waals surface area (Å²) in [7, 11) is -2.09. The molecule has 1 aliphatic heterocycles. The summed E-state index contributed by atoms with van der Waals surface area (Å²) in [5.74, 6) is -0.408. The van der Waals surface area contributed by atoms with Gasteiger partial charge in [-0.15, -0.1) is 0 Å². The third kappa shape index (κ3) is 6.28. The zero-order valence-electron chi connectivity index (χ0n) is 22.2. The summed E-state index contributed by atoms with van der Waals surface area (Å²) < 4.78 is 31.6. The van der Waals surface area contributed by atoms with Gasteiger partial charge in [-0.3, -0.25) is 9.69 Å². The molecule has 1 amide bonds. The van der Waals surface area contributed by atoms with Gasteiger partial charge in [-0.05, 0) is 91.2 Å². The first-order valence-corrected chi connectivity index (χ1v) is 15.5. The van der Waals surface area contributed by atoms with Crippen molar-refractivity contribution in [3.8, 4) is 0 Å². The Kier molecular flexibility index (Phi) is 8.46. The average molecular weight is 535 g/mol. The molecule has 1 aliphatic carbocycles. The second-order valence-corrected chi connectivity index (χ2v) is 12.8. The highest BCUT2D eigenvalue weighted by Gasteiger charge is 2.28. The lowest BCUT2D eigenvalue weighted by Gasteiger charge is -2.30. The normalized spacial score (nSPS) is 19.1. The third-order valence-electron chi connectivity index (χ3n) is 8.00. The monoisotopic (exact) mass is 534 g/mol. The molecule has 38 heavy (non-hydrogen) atoms. The van der Waals surface area contributed by atoms with Gasteiger partial charge in [0.2, 0.25) is 5.91 Å². The van der Waals surface area contributed by atoms with Gasteiger partial charge in [-0.2, -0.15) is 0 Å². The molecule has 0 bridgehead atoms. The first-order chi connectivity index (χ1) is 18.4. The van der Waals surface area contributed by atoms with E-state index in [0.717, 1.165) is 36.6 Å². The van der Waals surface area contributed by atoms with Crippen molar-refractivity contribution in [1.29, 1.82) is 0 Å². The Morgan fingerprint density at radius 3 is 2.58 bits per heavy atom. The molecule has 7 heteroatoms. The fraction of sp³-hybridized carbons (Fsp3) is 0.452. The minimum Gasteiger partial charge on any atom is -0.372 e. The number of rotatable bonds is 9. The van der Waals surface area contributed by atoms with Crippen LogP contribution in [0, 0.1) is 0 Å². The van der Waals surface area contributed by atoms with E-state index in [1.165, 1.54) is 56.2 Å². The van der Waals surface area contributed by atoms with E-state index >= 15 is 0 Å². The lowest BCUT2D eigenvalue weighted by Crippen LogP contribution is -2.40. The number of sulfone groups is 1.